The summed E-state index contributed by atoms with van der Waals surface area (Å²) >= 11 is 0. The van der Waals surface area contributed by atoms with Gasteiger partial charge in [-0.15, -0.1) is 0 Å². The minimum absolute atomic E-state index is 0.588. The van der Waals surface area contributed by atoms with E-state index in [9.17, 15) is 0 Å². The highest BCUT2D eigenvalue weighted by Gasteiger charge is 1.89. The number of rotatable bonds is 6. The summed E-state index contributed by atoms with van der Waals surface area (Å²) in [6.07, 6.45) is 7.21. The van der Waals surface area contributed by atoms with Crippen LogP contribution in [0, 0.1) is 11.3 Å². The van der Waals surface area contributed by atoms with Gasteiger partial charge in [0, 0.05) is 31.9 Å². The smallest absolute Gasteiger partial charge is 0.0945 e. The molecule has 0 unspecified atom stereocenters. The predicted molar refractivity (Wildman–Crippen MR) is 49.9 cm³/mol. The van der Waals surface area contributed by atoms with Crippen molar-refractivity contribution in [3.63, 3.8) is 0 Å². The average molecular weight is 178 g/mol. The quantitative estimate of drug-likeness (QED) is 0.655. The molecule has 1 aromatic rings. The molecule has 4 nitrogen and oxygen atoms in total. The zero-order valence-electron chi connectivity index (χ0n) is 7.61. The summed E-state index contributed by atoms with van der Waals surface area (Å²) < 4.78 is 2.05. The Hall–Kier alpha value is -1.34. The molecule has 1 N–H and O–H groups in total. The molecule has 70 valence electrons. The molecule has 0 aliphatic rings. The van der Waals surface area contributed by atoms with Crippen molar-refractivity contribution in [3.8, 4) is 6.07 Å². The number of hydrogen-bond acceptors (Lipinski definition) is 3. The topological polar surface area (TPSA) is 53.6 Å². The Balaban J connectivity index is 1.94. The highest BCUT2D eigenvalue weighted by atomic mass is 15.0. The van der Waals surface area contributed by atoms with Gasteiger partial charge in [-0.25, -0.2) is 4.98 Å². The Morgan fingerprint density at radius 2 is 2.38 bits per heavy atom. The van der Waals surface area contributed by atoms with Crippen molar-refractivity contribution in [2.45, 2.75) is 19.4 Å². The van der Waals surface area contributed by atoms with Crippen LogP contribution in [0.1, 0.15) is 12.8 Å². The minimum Gasteiger partial charge on any atom is -0.337 e. The molecule has 0 aliphatic carbocycles. The molecular weight excluding hydrogens is 164 g/mol. The normalized spacial score (nSPS) is 9.77. The van der Waals surface area contributed by atoms with Crippen molar-refractivity contribution < 1.29 is 0 Å². The fourth-order valence-electron chi connectivity index (χ4n) is 1.07. The maximum absolute atomic E-state index is 8.27. The predicted octanol–water partition coefficient (Wildman–Crippen LogP) is 0.776. The summed E-state index contributed by atoms with van der Waals surface area (Å²) in [7, 11) is 0. The molecule has 0 atom stereocenters. The lowest BCUT2D eigenvalue weighted by atomic mass is 10.4. The second kappa shape index (κ2) is 6.21. The molecule has 0 aromatic carbocycles. The molecule has 0 fully saturated rings. The SMILES string of the molecule is N#CCCNCCCn1ccnc1. The molecule has 0 spiro atoms. The summed E-state index contributed by atoms with van der Waals surface area (Å²) in [5.41, 5.74) is 0. The van der Waals surface area contributed by atoms with Gasteiger partial charge in [0.15, 0.2) is 0 Å². The van der Waals surface area contributed by atoms with Crippen LogP contribution in [0.25, 0.3) is 0 Å². The van der Waals surface area contributed by atoms with Gasteiger partial charge in [-0.2, -0.15) is 5.26 Å². The van der Waals surface area contributed by atoms with Crippen LogP contribution in [0.5, 0.6) is 0 Å². The highest BCUT2D eigenvalue weighted by molar-refractivity contribution is 4.74. The number of nitrogens with zero attached hydrogens (tertiary/aromatic N) is 3. The van der Waals surface area contributed by atoms with Crippen molar-refractivity contribution in [2.75, 3.05) is 13.1 Å². The lowest BCUT2D eigenvalue weighted by Crippen LogP contribution is -2.17. The van der Waals surface area contributed by atoms with E-state index < -0.39 is 0 Å². The summed E-state index contributed by atoms with van der Waals surface area (Å²) in [4.78, 5) is 3.95. The van der Waals surface area contributed by atoms with Gasteiger partial charge in [-0.3, -0.25) is 0 Å². The number of nitrogens with one attached hydrogen (secondary N) is 1. The lowest BCUT2D eigenvalue weighted by molar-refractivity contribution is 0.585. The third-order valence-electron chi connectivity index (χ3n) is 1.74. The van der Waals surface area contributed by atoms with Crippen molar-refractivity contribution in [3.05, 3.63) is 18.7 Å². The minimum atomic E-state index is 0.588. The van der Waals surface area contributed by atoms with Crippen LogP contribution < -0.4 is 5.32 Å². The van der Waals surface area contributed by atoms with E-state index in [4.69, 9.17) is 5.26 Å². The first kappa shape index (κ1) is 9.75. The summed E-state index contributed by atoms with van der Waals surface area (Å²) in [5.74, 6) is 0. The molecule has 1 heterocycles. The first-order chi connectivity index (χ1) is 6.43. The van der Waals surface area contributed by atoms with Crippen LogP contribution in [0.15, 0.2) is 18.7 Å². The van der Waals surface area contributed by atoms with E-state index in [0.717, 1.165) is 26.1 Å². The van der Waals surface area contributed by atoms with Gasteiger partial charge in [0.05, 0.1) is 12.4 Å². The first-order valence-corrected chi connectivity index (χ1v) is 4.47. The van der Waals surface area contributed by atoms with Crippen molar-refractivity contribution in [1.29, 1.82) is 5.26 Å². The van der Waals surface area contributed by atoms with Gasteiger partial charge in [-0.05, 0) is 13.0 Å². The molecule has 1 aromatic heterocycles. The van der Waals surface area contributed by atoms with E-state index in [-0.39, 0.29) is 0 Å². The van der Waals surface area contributed by atoms with Gasteiger partial charge in [-0.1, -0.05) is 0 Å². The molecule has 0 saturated carbocycles. The first-order valence-electron chi connectivity index (χ1n) is 4.47. The van der Waals surface area contributed by atoms with Gasteiger partial charge in [0.2, 0.25) is 0 Å². The van der Waals surface area contributed by atoms with E-state index in [2.05, 4.69) is 16.4 Å². The molecule has 4 heteroatoms. The fraction of sp³-hybridized carbons (Fsp3) is 0.556. The van der Waals surface area contributed by atoms with Gasteiger partial charge in [0.25, 0.3) is 0 Å². The third kappa shape index (κ3) is 4.28. The maximum atomic E-state index is 8.27. The summed E-state index contributed by atoms with van der Waals surface area (Å²) in [6, 6.07) is 2.09. The Morgan fingerprint density at radius 1 is 1.46 bits per heavy atom. The van der Waals surface area contributed by atoms with Crippen LogP contribution in [0.3, 0.4) is 0 Å². The zero-order valence-corrected chi connectivity index (χ0v) is 7.61. The largest absolute Gasteiger partial charge is 0.337 e. The standard InChI is InChI=1S/C9H14N4/c10-3-1-4-11-5-2-7-13-8-6-12-9-13/h6,8-9,11H,1-2,4-5,7H2. The van der Waals surface area contributed by atoms with Crippen LogP contribution in [0.2, 0.25) is 0 Å². The van der Waals surface area contributed by atoms with E-state index in [1.807, 2.05) is 17.1 Å². The molecule has 0 amide bonds. The van der Waals surface area contributed by atoms with Gasteiger partial charge >= 0.3 is 0 Å². The van der Waals surface area contributed by atoms with Crippen LogP contribution in [-0.2, 0) is 6.54 Å². The second-order valence-corrected chi connectivity index (χ2v) is 2.81. The Kier molecular flexibility index (Phi) is 4.65. The Bertz CT molecular complexity index is 247. The van der Waals surface area contributed by atoms with E-state index in [1.54, 1.807) is 6.20 Å². The maximum Gasteiger partial charge on any atom is 0.0945 e. The van der Waals surface area contributed by atoms with Gasteiger partial charge < -0.3 is 9.88 Å². The number of nitriles is 1. The molecule has 1 rings (SSSR count). The third-order valence-corrected chi connectivity index (χ3v) is 1.74. The fourth-order valence-corrected chi connectivity index (χ4v) is 1.07. The average Bonchev–Trinajstić information content (AvgIpc) is 2.63. The van der Waals surface area contributed by atoms with Crippen LogP contribution >= 0.6 is 0 Å². The number of aromatic nitrogens is 2. The number of imidazole rings is 1. The summed E-state index contributed by atoms with van der Waals surface area (Å²) in [5, 5.41) is 11.5. The molecule has 0 saturated heterocycles. The van der Waals surface area contributed by atoms with Crippen molar-refractivity contribution >= 4 is 0 Å². The molecular formula is C9H14N4. The number of aryl methyl sites for hydroxylation is 1. The second-order valence-electron chi connectivity index (χ2n) is 2.81. The Morgan fingerprint density at radius 3 is 3.08 bits per heavy atom. The lowest BCUT2D eigenvalue weighted by Gasteiger charge is -2.02. The summed E-state index contributed by atoms with van der Waals surface area (Å²) in [6.45, 7) is 2.74. The van der Waals surface area contributed by atoms with Crippen molar-refractivity contribution in [1.82, 2.24) is 14.9 Å². The van der Waals surface area contributed by atoms with Crippen LogP contribution in [0.4, 0.5) is 0 Å². The Labute approximate surface area is 78.2 Å². The molecule has 0 aliphatic heterocycles. The van der Waals surface area contributed by atoms with E-state index in [1.165, 1.54) is 0 Å². The zero-order chi connectivity index (χ0) is 9.36. The molecule has 0 radical (unpaired) electrons. The monoisotopic (exact) mass is 178 g/mol. The van der Waals surface area contributed by atoms with Crippen LogP contribution in [-0.4, -0.2) is 22.6 Å². The highest BCUT2D eigenvalue weighted by Crippen LogP contribution is 1.88. The van der Waals surface area contributed by atoms with Gasteiger partial charge in [0.1, 0.15) is 0 Å². The molecule has 0 bridgehead atoms. The van der Waals surface area contributed by atoms with E-state index >= 15 is 0 Å². The van der Waals surface area contributed by atoms with Crippen molar-refractivity contribution in [2.24, 2.45) is 0 Å². The number of hydrogen-bond donors (Lipinski definition) is 1. The van der Waals surface area contributed by atoms with E-state index in [0.29, 0.717) is 6.42 Å². The molecule has 13 heavy (non-hydrogen) atoms.